The predicted octanol–water partition coefficient (Wildman–Crippen LogP) is 3.97. The lowest BCUT2D eigenvalue weighted by Crippen LogP contribution is -2.32. The number of aromatic carboxylic acids is 1. The van der Waals surface area contributed by atoms with E-state index in [4.69, 9.17) is 9.90 Å². The standard InChI is InChI=1S/C21H27N3O3.C2HF3O2/c1-5-24(13-12-23(3)4)19-11-10-17(14-18(19)21(26)27)22-20(25)16-8-6-15(2)7-9-16;3-2(4,5)1(6)7/h6-11,14H,5,12-13H2,1-4H3,(H,22,25)(H,26,27);(H,6,7). The predicted molar refractivity (Wildman–Crippen MR) is 123 cm³/mol. The van der Waals surface area contributed by atoms with Crippen LogP contribution >= 0.6 is 0 Å². The average molecular weight is 483 g/mol. The van der Waals surface area contributed by atoms with Crippen molar-refractivity contribution in [3.05, 3.63) is 59.2 Å². The quantitative estimate of drug-likeness (QED) is 0.521. The summed E-state index contributed by atoms with van der Waals surface area (Å²) < 4.78 is 31.7. The summed E-state index contributed by atoms with van der Waals surface area (Å²) in [5.41, 5.74) is 2.90. The van der Waals surface area contributed by atoms with Crippen molar-refractivity contribution >= 4 is 29.2 Å². The van der Waals surface area contributed by atoms with E-state index in [0.717, 1.165) is 18.7 Å². The minimum Gasteiger partial charge on any atom is -0.478 e. The van der Waals surface area contributed by atoms with Gasteiger partial charge in [0.15, 0.2) is 0 Å². The SMILES string of the molecule is CCN(CCN(C)C)c1ccc(NC(=O)c2ccc(C)cc2)cc1C(=O)O.O=C(O)C(F)(F)F. The molecule has 186 valence electrons. The molecule has 0 unspecified atom stereocenters. The number of rotatable bonds is 8. The molecule has 0 fully saturated rings. The first-order valence-corrected chi connectivity index (χ1v) is 10.2. The zero-order valence-corrected chi connectivity index (χ0v) is 19.3. The van der Waals surface area contributed by atoms with E-state index in [9.17, 15) is 27.9 Å². The van der Waals surface area contributed by atoms with Gasteiger partial charge in [-0.1, -0.05) is 17.7 Å². The van der Waals surface area contributed by atoms with Gasteiger partial charge in [-0.05, 0) is 58.3 Å². The van der Waals surface area contributed by atoms with Crippen molar-refractivity contribution < 1.29 is 37.8 Å². The van der Waals surface area contributed by atoms with Crippen LogP contribution in [-0.4, -0.2) is 72.9 Å². The molecule has 0 aliphatic carbocycles. The fraction of sp³-hybridized carbons (Fsp3) is 0.348. The summed E-state index contributed by atoms with van der Waals surface area (Å²) >= 11 is 0. The van der Waals surface area contributed by atoms with Crippen LogP contribution in [0.1, 0.15) is 33.2 Å². The second kappa shape index (κ2) is 12.6. The zero-order chi connectivity index (χ0) is 26.1. The number of likely N-dealkylation sites (N-methyl/N-ethyl adjacent to an activating group) is 2. The number of nitrogens with one attached hydrogen (secondary N) is 1. The number of hydrogen-bond acceptors (Lipinski definition) is 5. The maximum Gasteiger partial charge on any atom is 0.490 e. The largest absolute Gasteiger partial charge is 0.490 e. The van der Waals surface area contributed by atoms with Crippen LogP contribution in [0, 0.1) is 6.92 Å². The van der Waals surface area contributed by atoms with Crippen LogP contribution in [0.5, 0.6) is 0 Å². The first-order chi connectivity index (χ1) is 15.8. The maximum absolute atomic E-state index is 12.4. The van der Waals surface area contributed by atoms with E-state index in [1.807, 2.05) is 45.0 Å². The number of alkyl halides is 3. The zero-order valence-electron chi connectivity index (χ0n) is 19.3. The molecule has 0 atom stereocenters. The Morgan fingerprint density at radius 3 is 1.97 bits per heavy atom. The molecule has 0 heterocycles. The first kappa shape index (κ1) is 28.4. The van der Waals surface area contributed by atoms with Crippen LogP contribution in [0.2, 0.25) is 0 Å². The molecule has 2 aromatic carbocycles. The number of carboxylic acid groups (broad SMARTS) is 2. The fourth-order valence-corrected chi connectivity index (χ4v) is 2.74. The molecule has 8 nitrogen and oxygen atoms in total. The smallest absolute Gasteiger partial charge is 0.478 e. The highest BCUT2D eigenvalue weighted by Crippen LogP contribution is 2.25. The van der Waals surface area contributed by atoms with Gasteiger partial charge in [-0.3, -0.25) is 4.79 Å². The van der Waals surface area contributed by atoms with Gasteiger partial charge >= 0.3 is 18.1 Å². The Balaban J connectivity index is 0.000000718. The summed E-state index contributed by atoms with van der Waals surface area (Å²) in [5.74, 6) is -4.04. The van der Waals surface area contributed by atoms with Gasteiger partial charge in [-0.15, -0.1) is 0 Å². The van der Waals surface area contributed by atoms with Crippen LogP contribution in [0.3, 0.4) is 0 Å². The number of aryl methyl sites for hydroxylation is 1. The minimum absolute atomic E-state index is 0.178. The summed E-state index contributed by atoms with van der Waals surface area (Å²) in [5, 5.41) is 19.5. The lowest BCUT2D eigenvalue weighted by Gasteiger charge is -2.26. The van der Waals surface area contributed by atoms with Gasteiger partial charge in [0.25, 0.3) is 5.91 Å². The second-order valence-electron chi connectivity index (χ2n) is 7.54. The third-order valence-electron chi connectivity index (χ3n) is 4.58. The van der Waals surface area contributed by atoms with Crippen molar-refractivity contribution in [3.8, 4) is 0 Å². The molecule has 0 aliphatic heterocycles. The van der Waals surface area contributed by atoms with Gasteiger partial charge in [0.1, 0.15) is 0 Å². The van der Waals surface area contributed by atoms with E-state index in [1.54, 1.807) is 24.3 Å². The Morgan fingerprint density at radius 1 is 0.971 bits per heavy atom. The van der Waals surface area contributed by atoms with Gasteiger partial charge in [-0.25, -0.2) is 9.59 Å². The van der Waals surface area contributed by atoms with Crippen molar-refractivity contribution in [2.45, 2.75) is 20.0 Å². The third kappa shape index (κ3) is 9.10. The number of amides is 1. The minimum atomic E-state index is -5.08. The number of anilines is 2. The van der Waals surface area contributed by atoms with Crippen molar-refractivity contribution in [2.24, 2.45) is 0 Å². The van der Waals surface area contributed by atoms with E-state index < -0.39 is 18.1 Å². The summed E-state index contributed by atoms with van der Waals surface area (Å²) in [6.45, 7) is 6.19. The van der Waals surface area contributed by atoms with Crippen molar-refractivity contribution in [3.63, 3.8) is 0 Å². The Kier molecular flexibility index (Phi) is 10.5. The van der Waals surface area contributed by atoms with Crippen LogP contribution in [0.15, 0.2) is 42.5 Å². The van der Waals surface area contributed by atoms with Gasteiger partial charge in [-0.2, -0.15) is 13.2 Å². The second-order valence-corrected chi connectivity index (χ2v) is 7.54. The lowest BCUT2D eigenvalue weighted by atomic mass is 10.1. The summed E-state index contributed by atoms with van der Waals surface area (Å²) in [7, 11) is 3.96. The number of carbonyl (C=O) groups excluding carboxylic acids is 1. The van der Waals surface area contributed by atoms with E-state index in [0.29, 0.717) is 23.5 Å². The van der Waals surface area contributed by atoms with E-state index >= 15 is 0 Å². The Hall–Kier alpha value is -3.60. The maximum atomic E-state index is 12.4. The highest BCUT2D eigenvalue weighted by Gasteiger charge is 2.38. The van der Waals surface area contributed by atoms with Gasteiger partial charge in [0, 0.05) is 30.9 Å². The first-order valence-electron chi connectivity index (χ1n) is 10.2. The number of carboxylic acids is 2. The van der Waals surface area contributed by atoms with E-state index in [-0.39, 0.29) is 11.5 Å². The lowest BCUT2D eigenvalue weighted by molar-refractivity contribution is -0.192. The van der Waals surface area contributed by atoms with Crippen LogP contribution in [0.4, 0.5) is 24.5 Å². The average Bonchev–Trinajstić information content (AvgIpc) is 2.74. The molecule has 3 N–H and O–H groups in total. The molecule has 11 heteroatoms. The van der Waals surface area contributed by atoms with E-state index in [1.165, 1.54) is 6.07 Å². The highest BCUT2D eigenvalue weighted by atomic mass is 19.4. The number of nitrogens with zero attached hydrogens (tertiary/aromatic N) is 2. The Morgan fingerprint density at radius 2 is 1.53 bits per heavy atom. The third-order valence-corrected chi connectivity index (χ3v) is 4.58. The Labute approximate surface area is 195 Å². The summed E-state index contributed by atoms with van der Waals surface area (Å²) in [6, 6.07) is 12.2. The number of benzene rings is 2. The number of halogens is 3. The Bertz CT molecular complexity index is 992. The molecule has 1 amide bonds. The molecule has 0 spiro atoms. The van der Waals surface area contributed by atoms with Crippen molar-refractivity contribution in [2.75, 3.05) is 43.9 Å². The van der Waals surface area contributed by atoms with Gasteiger partial charge in [0.2, 0.25) is 0 Å². The molecule has 34 heavy (non-hydrogen) atoms. The molecular weight excluding hydrogens is 455 g/mol. The number of hydrogen-bond donors (Lipinski definition) is 3. The van der Waals surface area contributed by atoms with Gasteiger partial charge < -0.3 is 25.3 Å². The van der Waals surface area contributed by atoms with Crippen LogP contribution in [-0.2, 0) is 4.79 Å². The topological polar surface area (TPSA) is 110 Å². The fourth-order valence-electron chi connectivity index (χ4n) is 2.74. The molecule has 0 aromatic heterocycles. The van der Waals surface area contributed by atoms with Crippen LogP contribution < -0.4 is 10.2 Å². The van der Waals surface area contributed by atoms with Crippen molar-refractivity contribution in [1.82, 2.24) is 4.90 Å². The monoisotopic (exact) mass is 483 g/mol. The summed E-state index contributed by atoms with van der Waals surface area (Å²) in [6.07, 6.45) is -5.08. The molecule has 0 radical (unpaired) electrons. The molecule has 2 aromatic rings. The van der Waals surface area contributed by atoms with Gasteiger partial charge in [0.05, 0.1) is 11.3 Å². The highest BCUT2D eigenvalue weighted by molar-refractivity contribution is 6.05. The van der Waals surface area contributed by atoms with E-state index in [2.05, 4.69) is 10.2 Å². The number of carbonyl (C=O) groups is 3. The molecule has 0 saturated heterocycles. The molecule has 2 rings (SSSR count). The summed E-state index contributed by atoms with van der Waals surface area (Å²) in [4.78, 5) is 37.1. The molecular formula is C23H28F3N3O5. The van der Waals surface area contributed by atoms with Crippen molar-refractivity contribution in [1.29, 1.82) is 0 Å². The normalized spacial score (nSPS) is 10.8. The molecule has 0 aliphatic rings. The number of aliphatic carboxylic acids is 1. The molecule has 0 saturated carbocycles. The van der Waals surface area contributed by atoms with Crippen LogP contribution in [0.25, 0.3) is 0 Å². The molecule has 0 bridgehead atoms.